The zero-order valence-corrected chi connectivity index (χ0v) is 17.6. The second-order valence-corrected chi connectivity index (χ2v) is 8.60. The number of H-pyrrole nitrogens is 1. The number of aromatic nitrogens is 2. The number of aliphatic hydroxyl groups excluding tert-OH is 1. The van der Waals surface area contributed by atoms with E-state index >= 15 is 0 Å². The van der Waals surface area contributed by atoms with E-state index in [1.807, 2.05) is 18.2 Å². The number of thiazole rings is 1. The second-order valence-electron chi connectivity index (χ2n) is 7.58. The Balaban J connectivity index is 1.57. The standard InChI is InChI=1S/C21H24FN5O3S/c22-12(11-28)9-24-20(29)15-10-23-19(8-17(15)25-13-3-1-2-4-13)26-14-5-6-16-18(7-14)31-21(30)27-16/h5-8,10,12-13,28H,1-4,9,11H2,(H,24,29)(H,27,30)(H2,23,25,26)/t12-/m1/s1. The van der Waals surface area contributed by atoms with Gasteiger partial charge in [0.2, 0.25) is 0 Å². The maximum Gasteiger partial charge on any atom is 0.305 e. The molecule has 0 radical (unpaired) electrons. The molecule has 1 aliphatic carbocycles. The molecule has 2 heterocycles. The number of halogens is 1. The monoisotopic (exact) mass is 445 g/mol. The van der Waals surface area contributed by atoms with Crippen LogP contribution in [0, 0.1) is 0 Å². The summed E-state index contributed by atoms with van der Waals surface area (Å²) in [4.78, 5) is 31.1. The van der Waals surface area contributed by atoms with Crippen LogP contribution in [0.5, 0.6) is 0 Å². The van der Waals surface area contributed by atoms with Crippen molar-refractivity contribution in [3.8, 4) is 0 Å². The average Bonchev–Trinajstić information content (AvgIpc) is 3.40. The number of anilines is 3. The van der Waals surface area contributed by atoms with E-state index in [-0.39, 0.29) is 17.5 Å². The van der Waals surface area contributed by atoms with Gasteiger partial charge in [-0.1, -0.05) is 24.2 Å². The van der Waals surface area contributed by atoms with Crippen LogP contribution in [0.15, 0.2) is 35.3 Å². The molecule has 0 bridgehead atoms. The molecule has 1 aromatic carbocycles. The molecule has 164 valence electrons. The molecule has 31 heavy (non-hydrogen) atoms. The Labute approximate surface area is 181 Å². The molecular weight excluding hydrogens is 421 g/mol. The summed E-state index contributed by atoms with van der Waals surface area (Å²) in [6.07, 6.45) is 4.25. The minimum atomic E-state index is -1.51. The number of aliphatic hydroxyl groups is 1. The fourth-order valence-corrected chi connectivity index (χ4v) is 4.42. The first-order chi connectivity index (χ1) is 15.0. The topological polar surface area (TPSA) is 119 Å². The molecule has 0 aliphatic heterocycles. The van der Waals surface area contributed by atoms with Gasteiger partial charge in [-0.3, -0.25) is 9.59 Å². The summed E-state index contributed by atoms with van der Waals surface area (Å²) in [5.74, 6) is 0.0900. The van der Waals surface area contributed by atoms with Crippen LogP contribution >= 0.6 is 11.3 Å². The van der Waals surface area contributed by atoms with Crippen molar-refractivity contribution in [2.75, 3.05) is 23.8 Å². The number of benzene rings is 1. The molecule has 4 rings (SSSR count). The van der Waals surface area contributed by atoms with Crippen LogP contribution in [-0.4, -0.2) is 46.3 Å². The number of fused-ring (bicyclic) bond motifs is 1. The van der Waals surface area contributed by atoms with E-state index in [1.165, 1.54) is 6.20 Å². The molecule has 0 unspecified atom stereocenters. The van der Waals surface area contributed by atoms with Gasteiger partial charge in [0.1, 0.15) is 12.0 Å². The summed E-state index contributed by atoms with van der Waals surface area (Å²) in [5.41, 5.74) is 2.48. The molecule has 0 spiro atoms. The van der Waals surface area contributed by atoms with Gasteiger partial charge < -0.3 is 26.0 Å². The molecular formula is C21H24FN5O3S. The molecule has 5 N–H and O–H groups in total. The van der Waals surface area contributed by atoms with Gasteiger partial charge in [0.25, 0.3) is 5.91 Å². The zero-order valence-electron chi connectivity index (χ0n) is 16.8. The molecule has 1 fully saturated rings. The van der Waals surface area contributed by atoms with Crippen molar-refractivity contribution in [3.63, 3.8) is 0 Å². The molecule has 10 heteroatoms. The highest BCUT2D eigenvalue weighted by Gasteiger charge is 2.20. The number of rotatable bonds is 8. The SMILES string of the molecule is O=C(NC[C@@H](F)CO)c1cnc(Nc2ccc3[nH]c(=O)sc3c2)cc1NC1CCCC1. The van der Waals surface area contributed by atoms with E-state index in [4.69, 9.17) is 5.11 Å². The Kier molecular flexibility index (Phi) is 6.47. The van der Waals surface area contributed by atoms with Gasteiger partial charge in [-0.25, -0.2) is 9.37 Å². The lowest BCUT2D eigenvalue weighted by Crippen LogP contribution is -2.32. The highest BCUT2D eigenvalue weighted by Crippen LogP contribution is 2.28. The Morgan fingerprint density at radius 3 is 2.90 bits per heavy atom. The van der Waals surface area contributed by atoms with Crippen LogP contribution in [0.1, 0.15) is 36.0 Å². The van der Waals surface area contributed by atoms with E-state index in [9.17, 15) is 14.0 Å². The lowest BCUT2D eigenvalue weighted by Gasteiger charge is -2.18. The number of amides is 1. The Hall–Kier alpha value is -2.98. The van der Waals surface area contributed by atoms with Gasteiger partial charge >= 0.3 is 4.87 Å². The summed E-state index contributed by atoms with van der Waals surface area (Å²) in [6, 6.07) is 7.55. The first-order valence-electron chi connectivity index (χ1n) is 10.2. The van der Waals surface area contributed by atoms with Crippen LogP contribution in [0.2, 0.25) is 0 Å². The van der Waals surface area contributed by atoms with Crippen LogP contribution in [0.3, 0.4) is 0 Å². The molecule has 1 atom stereocenters. The van der Waals surface area contributed by atoms with Gasteiger partial charge in [-0.2, -0.15) is 0 Å². The van der Waals surface area contributed by atoms with E-state index in [1.54, 1.807) is 6.07 Å². The molecule has 1 saturated carbocycles. The van der Waals surface area contributed by atoms with E-state index in [0.717, 1.165) is 52.9 Å². The quantitative estimate of drug-likeness (QED) is 0.363. The van der Waals surface area contributed by atoms with E-state index < -0.39 is 18.7 Å². The summed E-state index contributed by atoms with van der Waals surface area (Å²) < 4.78 is 14.2. The maximum atomic E-state index is 13.3. The maximum absolute atomic E-state index is 13.3. The Morgan fingerprint density at radius 1 is 1.32 bits per heavy atom. The number of carbonyl (C=O) groups excluding carboxylic acids is 1. The van der Waals surface area contributed by atoms with E-state index in [2.05, 4.69) is 25.9 Å². The third-order valence-corrected chi connectivity index (χ3v) is 6.08. The number of aromatic amines is 1. The summed E-state index contributed by atoms with van der Waals surface area (Å²) in [6.45, 7) is -0.910. The third kappa shape index (κ3) is 5.20. The van der Waals surface area contributed by atoms with Gasteiger partial charge in [-0.15, -0.1) is 0 Å². The predicted molar refractivity (Wildman–Crippen MR) is 120 cm³/mol. The largest absolute Gasteiger partial charge is 0.393 e. The van der Waals surface area contributed by atoms with Crippen LogP contribution < -0.4 is 20.8 Å². The predicted octanol–water partition coefficient (Wildman–Crippen LogP) is 3.14. The summed E-state index contributed by atoms with van der Waals surface area (Å²) in [7, 11) is 0. The van der Waals surface area contributed by atoms with Crippen molar-refractivity contribution < 1.29 is 14.3 Å². The Morgan fingerprint density at radius 2 is 2.13 bits per heavy atom. The smallest absolute Gasteiger partial charge is 0.305 e. The third-order valence-electron chi connectivity index (χ3n) is 5.24. The normalized spacial score (nSPS) is 15.2. The molecule has 8 nitrogen and oxygen atoms in total. The van der Waals surface area contributed by atoms with Crippen LogP contribution in [-0.2, 0) is 0 Å². The molecule has 3 aromatic rings. The summed E-state index contributed by atoms with van der Waals surface area (Å²) in [5, 5.41) is 18.0. The number of carbonyl (C=O) groups is 1. The van der Waals surface area contributed by atoms with Crippen molar-refractivity contribution in [1.82, 2.24) is 15.3 Å². The fraction of sp³-hybridized carbons (Fsp3) is 0.381. The van der Waals surface area contributed by atoms with E-state index in [0.29, 0.717) is 17.1 Å². The first-order valence-corrected chi connectivity index (χ1v) is 11.0. The molecule has 1 amide bonds. The van der Waals surface area contributed by atoms with Crippen LogP contribution in [0.25, 0.3) is 10.2 Å². The summed E-state index contributed by atoms with van der Waals surface area (Å²) >= 11 is 1.13. The van der Waals surface area contributed by atoms with Crippen molar-refractivity contribution in [2.45, 2.75) is 37.9 Å². The van der Waals surface area contributed by atoms with Gasteiger partial charge in [0, 0.05) is 24.0 Å². The Bertz CT molecular complexity index is 1130. The number of alkyl halides is 1. The molecule has 2 aromatic heterocycles. The van der Waals surface area contributed by atoms with Crippen molar-refractivity contribution >= 4 is 44.7 Å². The van der Waals surface area contributed by atoms with Gasteiger partial charge in [0.05, 0.1) is 34.6 Å². The number of nitrogens with one attached hydrogen (secondary N) is 4. The van der Waals surface area contributed by atoms with Crippen molar-refractivity contribution in [2.24, 2.45) is 0 Å². The lowest BCUT2D eigenvalue weighted by atomic mass is 10.1. The zero-order chi connectivity index (χ0) is 21.8. The number of nitrogens with zero attached hydrogens (tertiary/aromatic N) is 1. The lowest BCUT2D eigenvalue weighted by molar-refractivity contribution is 0.0928. The second kappa shape index (κ2) is 9.44. The van der Waals surface area contributed by atoms with Crippen molar-refractivity contribution in [3.05, 3.63) is 45.7 Å². The minimum absolute atomic E-state index is 0.111. The highest BCUT2D eigenvalue weighted by molar-refractivity contribution is 7.16. The first kappa shape index (κ1) is 21.3. The highest BCUT2D eigenvalue weighted by atomic mass is 32.1. The number of hydrogen-bond acceptors (Lipinski definition) is 7. The van der Waals surface area contributed by atoms with Crippen molar-refractivity contribution in [1.29, 1.82) is 0 Å². The minimum Gasteiger partial charge on any atom is -0.393 e. The van der Waals surface area contributed by atoms with Gasteiger partial charge in [0.15, 0.2) is 0 Å². The fourth-order valence-electron chi connectivity index (χ4n) is 3.65. The van der Waals surface area contributed by atoms with Gasteiger partial charge in [-0.05, 0) is 31.0 Å². The molecule has 1 aliphatic rings. The van der Waals surface area contributed by atoms with Crippen LogP contribution in [0.4, 0.5) is 21.6 Å². The average molecular weight is 446 g/mol. The number of pyridine rings is 1. The number of hydrogen-bond donors (Lipinski definition) is 5. The molecule has 0 saturated heterocycles.